The van der Waals surface area contributed by atoms with Crippen LogP contribution in [0, 0.1) is 0 Å². The number of nitrogens with one attached hydrogen (secondary N) is 1. The van der Waals surface area contributed by atoms with Gasteiger partial charge in [0.15, 0.2) is 0 Å². The molecule has 0 radical (unpaired) electrons. The van der Waals surface area contributed by atoms with E-state index in [9.17, 15) is 9.59 Å². The lowest BCUT2D eigenvalue weighted by atomic mass is 10.1. The SMILES string of the molecule is CN(CC(=O)NCCC(N)=O)c1cc(-n2ccnc2)c2ccc(Cl)c(Cl)c2n1. The number of rotatable bonds is 7. The fourth-order valence-corrected chi connectivity index (χ4v) is 3.05. The average molecular weight is 421 g/mol. The van der Waals surface area contributed by atoms with E-state index in [1.54, 1.807) is 36.7 Å². The smallest absolute Gasteiger partial charge is 0.239 e. The van der Waals surface area contributed by atoms with E-state index in [4.69, 9.17) is 28.9 Å². The molecule has 0 aliphatic rings. The van der Waals surface area contributed by atoms with Gasteiger partial charge in [-0.3, -0.25) is 9.59 Å². The number of imidazole rings is 1. The second kappa shape index (κ2) is 8.45. The molecule has 2 amide bonds. The highest BCUT2D eigenvalue weighted by atomic mass is 35.5. The molecule has 0 spiro atoms. The van der Waals surface area contributed by atoms with E-state index < -0.39 is 5.91 Å². The molecule has 2 heterocycles. The van der Waals surface area contributed by atoms with Crippen molar-refractivity contribution in [1.82, 2.24) is 19.9 Å². The molecule has 0 aliphatic carbocycles. The number of carbonyl (C=O) groups excluding carboxylic acids is 2. The summed E-state index contributed by atoms with van der Waals surface area (Å²) in [7, 11) is 1.73. The molecule has 0 atom stereocenters. The third kappa shape index (κ3) is 4.35. The fraction of sp³-hybridized carbons (Fsp3) is 0.222. The van der Waals surface area contributed by atoms with E-state index in [0.29, 0.717) is 21.4 Å². The number of hydrogen-bond acceptors (Lipinski definition) is 5. The molecule has 0 fully saturated rings. The molecule has 2 aromatic heterocycles. The molecule has 0 aliphatic heterocycles. The lowest BCUT2D eigenvalue weighted by Gasteiger charge is -2.20. The van der Waals surface area contributed by atoms with Gasteiger partial charge in [0, 0.05) is 43.9 Å². The monoisotopic (exact) mass is 420 g/mol. The van der Waals surface area contributed by atoms with Gasteiger partial charge in [0.25, 0.3) is 0 Å². The van der Waals surface area contributed by atoms with Crippen molar-refractivity contribution in [1.29, 1.82) is 0 Å². The van der Waals surface area contributed by atoms with Crippen molar-refractivity contribution in [3.05, 3.63) is 47.0 Å². The van der Waals surface area contributed by atoms with Crippen LogP contribution >= 0.6 is 23.2 Å². The maximum atomic E-state index is 12.1. The molecule has 3 N–H and O–H groups in total. The summed E-state index contributed by atoms with van der Waals surface area (Å²) in [5.41, 5.74) is 6.40. The Morgan fingerprint density at radius 1 is 1.32 bits per heavy atom. The summed E-state index contributed by atoms with van der Waals surface area (Å²) < 4.78 is 1.83. The van der Waals surface area contributed by atoms with Gasteiger partial charge in [-0.1, -0.05) is 23.2 Å². The Balaban J connectivity index is 1.93. The van der Waals surface area contributed by atoms with Crippen LogP contribution in [0.25, 0.3) is 16.6 Å². The average Bonchev–Trinajstić information content (AvgIpc) is 3.18. The van der Waals surface area contributed by atoms with Gasteiger partial charge in [0.2, 0.25) is 11.8 Å². The zero-order valence-electron chi connectivity index (χ0n) is 15.0. The van der Waals surface area contributed by atoms with Crippen LogP contribution in [0.15, 0.2) is 36.9 Å². The zero-order valence-corrected chi connectivity index (χ0v) is 16.5. The minimum atomic E-state index is -0.471. The van der Waals surface area contributed by atoms with Crippen LogP contribution in [0.4, 0.5) is 5.82 Å². The van der Waals surface area contributed by atoms with Crippen LogP contribution in [0.5, 0.6) is 0 Å². The summed E-state index contributed by atoms with van der Waals surface area (Å²) in [6.07, 6.45) is 5.22. The van der Waals surface area contributed by atoms with E-state index in [1.807, 2.05) is 16.7 Å². The largest absolute Gasteiger partial charge is 0.370 e. The Bertz CT molecular complexity index is 1020. The molecule has 0 saturated heterocycles. The molecular formula is C18H18Cl2N6O2. The predicted molar refractivity (Wildman–Crippen MR) is 109 cm³/mol. The normalized spacial score (nSPS) is 10.8. The van der Waals surface area contributed by atoms with E-state index >= 15 is 0 Å². The highest BCUT2D eigenvalue weighted by molar-refractivity contribution is 6.45. The maximum absolute atomic E-state index is 12.1. The Labute approximate surface area is 171 Å². The first kappa shape index (κ1) is 19.9. The van der Waals surface area contributed by atoms with Gasteiger partial charge in [-0.2, -0.15) is 0 Å². The first-order valence-electron chi connectivity index (χ1n) is 8.40. The molecular weight excluding hydrogens is 403 g/mol. The molecule has 10 heteroatoms. The quantitative estimate of drug-likeness (QED) is 0.608. The van der Waals surface area contributed by atoms with Crippen LogP contribution in [0.3, 0.4) is 0 Å². The van der Waals surface area contributed by atoms with Gasteiger partial charge in [-0.25, -0.2) is 9.97 Å². The first-order chi connectivity index (χ1) is 13.4. The summed E-state index contributed by atoms with van der Waals surface area (Å²) in [4.78, 5) is 33.2. The standard InChI is InChI=1S/C18H18Cl2N6O2/c1-25(9-16(28)23-5-4-14(21)27)15-8-13(26-7-6-22-10-26)11-2-3-12(19)17(20)18(11)24-15/h2-3,6-8,10H,4-5,9H2,1H3,(H2,21,27)(H,23,28). The van der Waals surface area contributed by atoms with E-state index in [2.05, 4.69) is 15.3 Å². The molecule has 3 aromatic rings. The number of likely N-dealkylation sites (N-methyl/N-ethyl adjacent to an activating group) is 1. The molecule has 28 heavy (non-hydrogen) atoms. The second-order valence-electron chi connectivity index (χ2n) is 6.15. The van der Waals surface area contributed by atoms with Crippen LogP contribution in [-0.2, 0) is 9.59 Å². The summed E-state index contributed by atoms with van der Waals surface area (Å²) in [6.45, 7) is 0.230. The van der Waals surface area contributed by atoms with Gasteiger partial charge in [0.05, 0.1) is 34.1 Å². The highest BCUT2D eigenvalue weighted by Crippen LogP contribution is 2.34. The number of carbonyl (C=O) groups is 2. The Kier molecular flexibility index (Phi) is 6.01. The third-order valence-corrected chi connectivity index (χ3v) is 4.88. The van der Waals surface area contributed by atoms with Crippen molar-refractivity contribution in [2.24, 2.45) is 5.73 Å². The van der Waals surface area contributed by atoms with Crippen molar-refractivity contribution in [3.63, 3.8) is 0 Å². The third-order valence-electron chi connectivity index (χ3n) is 4.09. The molecule has 0 saturated carbocycles. The van der Waals surface area contributed by atoms with Crippen molar-refractivity contribution < 1.29 is 9.59 Å². The summed E-state index contributed by atoms with van der Waals surface area (Å²) in [5, 5.41) is 4.17. The van der Waals surface area contributed by atoms with E-state index in [-0.39, 0.29) is 25.4 Å². The van der Waals surface area contributed by atoms with Crippen LogP contribution in [0.1, 0.15) is 6.42 Å². The lowest BCUT2D eigenvalue weighted by molar-refractivity contribution is -0.120. The second-order valence-corrected chi connectivity index (χ2v) is 6.93. The Morgan fingerprint density at radius 2 is 2.11 bits per heavy atom. The number of benzene rings is 1. The number of hydrogen-bond donors (Lipinski definition) is 2. The Hall–Kier alpha value is -2.84. The topological polar surface area (TPSA) is 106 Å². The van der Waals surface area contributed by atoms with Crippen molar-refractivity contribution in [3.8, 4) is 5.69 Å². The number of pyridine rings is 1. The van der Waals surface area contributed by atoms with Crippen molar-refractivity contribution in [2.45, 2.75) is 6.42 Å². The number of primary amides is 1. The fourth-order valence-electron chi connectivity index (χ4n) is 2.69. The maximum Gasteiger partial charge on any atom is 0.239 e. The molecule has 3 rings (SSSR count). The minimum absolute atomic E-state index is 0.0405. The van der Waals surface area contributed by atoms with Crippen LogP contribution < -0.4 is 16.0 Å². The van der Waals surface area contributed by atoms with Gasteiger partial charge in [0.1, 0.15) is 5.82 Å². The lowest BCUT2D eigenvalue weighted by Crippen LogP contribution is -2.37. The number of fused-ring (bicyclic) bond motifs is 1. The van der Waals surface area contributed by atoms with Gasteiger partial charge in [-0.05, 0) is 12.1 Å². The zero-order chi connectivity index (χ0) is 20.3. The number of amides is 2. The molecule has 0 bridgehead atoms. The molecule has 1 aromatic carbocycles. The summed E-state index contributed by atoms with van der Waals surface area (Å²) in [6, 6.07) is 5.39. The van der Waals surface area contributed by atoms with Gasteiger partial charge in [-0.15, -0.1) is 0 Å². The van der Waals surface area contributed by atoms with Gasteiger partial charge < -0.3 is 20.5 Å². The van der Waals surface area contributed by atoms with Crippen LogP contribution in [0.2, 0.25) is 10.0 Å². The molecule has 0 unspecified atom stereocenters. The number of aromatic nitrogens is 3. The van der Waals surface area contributed by atoms with E-state index in [1.165, 1.54) is 0 Å². The number of anilines is 1. The van der Waals surface area contributed by atoms with E-state index in [0.717, 1.165) is 11.1 Å². The first-order valence-corrected chi connectivity index (χ1v) is 9.15. The highest BCUT2D eigenvalue weighted by Gasteiger charge is 2.16. The predicted octanol–water partition coefficient (Wildman–Crippen LogP) is 2.16. The van der Waals surface area contributed by atoms with Crippen LogP contribution in [-0.4, -0.2) is 46.5 Å². The Morgan fingerprint density at radius 3 is 2.79 bits per heavy atom. The molecule has 146 valence electrons. The number of nitrogens with two attached hydrogens (primary N) is 1. The minimum Gasteiger partial charge on any atom is -0.370 e. The summed E-state index contributed by atoms with van der Waals surface area (Å²) in [5.74, 6) is -0.196. The molecule has 8 nitrogen and oxygen atoms in total. The van der Waals surface area contributed by atoms with Gasteiger partial charge >= 0.3 is 0 Å². The number of nitrogens with zero attached hydrogens (tertiary/aromatic N) is 4. The summed E-state index contributed by atoms with van der Waals surface area (Å²) >= 11 is 12.5. The van der Waals surface area contributed by atoms with Crippen molar-refractivity contribution >= 4 is 51.7 Å². The number of halogens is 2. The van der Waals surface area contributed by atoms with Crippen molar-refractivity contribution in [2.75, 3.05) is 25.0 Å².